The molecule has 1 aliphatic carbocycles. The monoisotopic (exact) mass is 316 g/mol. The molecule has 6 heteroatoms. The SMILES string of the molecule is Cc1ccccc1N1CCN(CC(=O)NC(=O)NC2CC2)CC1. The van der Waals surface area contributed by atoms with E-state index in [1.165, 1.54) is 11.3 Å². The van der Waals surface area contributed by atoms with Crippen molar-refractivity contribution in [3.05, 3.63) is 29.8 Å². The average Bonchev–Trinajstić information content (AvgIpc) is 3.32. The van der Waals surface area contributed by atoms with Crippen LogP contribution < -0.4 is 15.5 Å². The van der Waals surface area contributed by atoms with Crippen molar-refractivity contribution < 1.29 is 9.59 Å². The number of carbonyl (C=O) groups is 2. The molecule has 1 aliphatic heterocycles. The molecule has 124 valence electrons. The summed E-state index contributed by atoms with van der Waals surface area (Å²) >= 11 is 0. The lowest BCUT2D eigenvalue weighted by atomic mass is 10.1. The summed E-state index contributed by atoms with van der Waals surface area (Å²) in [5, 5.41) is 5.17. The molecule has 2 N–H and O–H groups in total. The second-order valence-corrected chi connectivity index (χ2v) is 6.35. The van der Waals surface area contributed by atoms with Gasteiger partial charge in [-0.3, -0.25) is 15.0 Å². The van der Waals surface area contributed by atoms with Gasteiger partial charge in [0.05, 0.1) is 6.54 Å². The van der Waals surface area contributed by atoms with Crippen LogP contribution in [0.15, 0.2) is 24.3 Å². The number of para-hydroxylation sites is 1. The van der Waals surface area contributed by atoms with Crippen LogP contribution in [0.5, 0.6) is 0 Å². The van der Waals surface area contributed by atoms with Crippen LogP contribution in [0, 0.1) is 6.92 Å². The zero-order valence-electron chi connectivity index (χ0n) is 13.5. The van der Waals surface area contributed by atoms with E-state index < -0.39 is 0 Å². The Bertz CT molecular complexity index is 578. The number of nitrogens with one attached hydrogen (secondary N) is 2. The number of carbonyl (C=O) groups excluding carboxylic acids is 2. The zero-order valence-corrected chi connectivity index (χ0v) is 13.5. The Balaban J connectivity index is 1.42. The van der Waals surface area contributed by atoms with Crippen LogP contribution in [0.25, 0.3) is 0 Å². The Morgan fingerprint density at radius 1 is 1.13 bits per heavy atom. The van der Waals surface area contributed by atoms with Gasteiger partial charge in [-0.05, 0) is 31.4 Å². The highest BCUT2D eigenvalue weighted by molar-refractivity contribution is 5.95. The van der Waals surface area contributed by atoms with E-state index in [-0.39, 0.29) is 24.5 Å². The van der Waals surface area contributed by atoms with Gasteiger partial charge in [0.2, 0.25) is 5.91 Å². The van der Waals surface area contributed by atoms with Crippen molar-refractivity contribution >= 4 is 17.6 Å². The summed E-state index contributed by atoms with van der Waals surface area (Å²) in [7, 11) is 0. The maximum Gasteiger partial charge on any atom is 0.321 e. The highest BCUT2D eigenvalue weighted by Crippen LogP contribution is 2.20. The maximum absolute atomic E-state index is 11.9. The average molecular weight is 316 g/mol. The summed E-state index contributed by atoms with van der Waals surface area (Å²) < 4.78 is 0. The van der Waals surface area contributed by atoms with Crippen LogP contribution in [0.3, 0.4) is 0 Å². The molecule has 1 saturated heterocycles. The number of benzene rings is 1. The Morgan fingerprint density at radius 3 is 2.48 bits per heavy atom. The molecule has 1 aromatic carbocycles. The number of imide groups is 1. The molecule has 1 aromatic rings. The highest BCUT2D eigenvalue weighted by Gasteiger charge is 2.25. The maximum atomic E-state index is 11.9. The molecule has 3 rings (SSSR count). The minimum atomic E-state index is -0.365. The summed E-state index contributed by atoms with van der Waals surface area (Å²) in [6.45, 7) is 5.84. The van der Waals surface area contributed by atoms with Crippen LogP contribution >= 0.6 is 0 Å². The van der Waals surface area contributed by atoms with Crippen LogP contribution in [0.4, 0.5) is 10.5 Å². The van der Waals surface area contributed by atoms with Gasteiger partial charge in [-0.15, -0.1) is 0 Å². The molecule has 6 nitrogen and oxygen atoms in total. The summed E-state index contributed by atoms with van der Waals surface area (Å²) in [5.41, 5.74) is 2.54. The number of piperazine rings is 1. The second kappa shape index (κ2) is 7.00. The normalized spacial score (nSPS) is 18.6. The fourth-order valence-electron chi connectivity index (χ4n) is 2.88. The molecule has 0 radical (unpaired) electrons. The molecule has 0 spiro atoms. The van der Waals surface area contributed by atoms with Crippen molar-refractivity contribution in [2.24, 2.45) is 0 Å². The van der Waals surface area contributed by atoms with E-state index in [2.05, 4.69) is 45.6 Å². The summed E-state index contributed by atoms with van der Waals surface area (Å²) in [6, 6.07) is 8.26. The predicted molar refractivity (Wildman–Crippen MR) is 89.5 cm³/mol. The van der Waals surface area contributed by atoms with E-state index in [9.17, 15) is 9.59 Å². The number of nitrogens with zero attached hydrogens (tertiary/aromatic N) is 2. The number of rotatable bonds is 4. The Hall–Kier alpha value is -2.08. The second-order valence-electron chi connectivity index (χ2n) is 6.35. The molecule has 3 amide bonds. The minimum Gasteiger partial charge on any atom is -0.369 e. The van der Waals surface area contributed by atoms with Crippen molar-refractivity contribution in [2.75, 3.05) is 37.6 Å². The topological polar surface area (TPSA) is 64.7 Å². The van der Waals surface area contributed by atoms with Crippen LogP contribution in [-0.4, -0.2) is 55.6 Å². The lowest BCUT2D eigenvalue weighted by Gasteiger charge is -2.36. The molecule has 1 saturated carbocycles. The van der Waals surface area contributed by atoms with Gasteiger partial charge in [0.1, 0.15) is 0 Å². The summed E-state index contributed by atoms with van der Waals surface area (Å²) in [6.07, 6.45) is 2.03. The van der Waals surface area contributed by atoms with E-state index in [1.807, 2.05) is 6.07 Å². The van der Waals surface area contributed by atoms with Gasteiger partial charge in [-0.1, -0.05) is 18.2 Å². The van der Waals surface area contributed by atoms with Gasteiger partial charge in [0.25, 0.3) is 0 Å². The van der Waals surface area contributed by atoms with Crippen molar-refractivity contribution in [3.8, 4) is 0 Å². The van der Waals surface area contributed by atoms with Gasteiger partial charge in [-0.25, -0.2) is 4.79 Å². The third kappa shape index (κ3) is 4.45. The largest absolute Gasteiger partial charge is 0.369 e. The van der Waals surface area contributed by atoms with E-state index >= 15 is 0 Å². The molecule has 0 atom stereocenters. The van der Waals surface area contributed by atoms with Crippen LogP contribution in [-0.2, 0) is 4.79 Å². The fourth-order valence-corrected chi connectivity index (χ4v) is 2.88. The molecular weight excluding hydrogens is 292 g/mol. The number of anilines is 1. The van der Waals surface area contributed by atoms with Crippen molar-refractivity contribution in [1.82, 2.24) is 15.5 Å². The van der Waals surface area contributed by atoms with E-state index in [0.717, 1.165) is 39.0 Å². The lowest BCUT2D eigenvalue weighted by Crippen LogP contribution is -2.51. The van der Waals surface area contributed by atoms with E-state index in [1.54, 1.807) is 0 Å². The molecule has 0 bridgehead atoms. The summed E-state index contributed by atoms with van der Waals surface area (Å²) in [4.78, 5) is 27.9. The molecule has 23 heavy (non-hydrogen) atoms. The number of hydrogen-bond donors (Lipinski definition) is 2. The molecule has 0 aromatic heterocycles. The number of urea groups is 1. The van der Waals surface area contributed by atoms with Crippen molar-refractivity contribution in [1.29, 1.82) is 0 Å². The molecule has 1 heterocycles. The minimum absolute atomic E-state index is 0.229. The first kappa shape index (κ1) is 15.8. The smallest absolute Gasteiger partial charge is 0.321 e. The quantitative estimate of drug-likeness (QED) is 0.873. The van der Waals surface area contributed by atoms with Gasteiger partial charge in [0.15, 0.2) is 0 Å². The Kier molecular flexibility index (Phi) is 4.81. The fraction of sp³-hybridized carbons (Fsp3) is 0.529. The predicted octanol–water partition coefficient (Wildman–Crippen LogP) is 1.11. The van der Waals surface area contributed by atoms with E-state index in [4.69, 9.17) is 0 Å². The standard InChI is InChI=1S/C17H24N4O2/c1-13-4-2-3-5-15(13)21-10-8-20(9-11-21)12-16(22)19-17(23)18-14-6-7-14/h2-5,14H,6-12H2,1H3,(H2,18,19,22,23). The summed E-state index contributed by atoms with van der Waals surface area (Å²) in [5.74, 6) is -0.229. The molecule has 2 fully saturated rings. The van der Waals surface area contributed by atoms with Crippen LogP contribution in [0.2, 0.25) is 0 Å². The number of amides is 3. The first-order valence-corrected chi connectivity index (χ1v) is 8.25. The van der Waals surface area contributed by atoms with Crippen LogP contribution in [0.1, 0.15) is 18.4 Å². The third-order valence-corrected chi connectivity index (χ3v) is 4.36. The number of hydrogen-bond acceptors (Lipinski definition) is 4. The molecular formula is C17H24N4O2. The highest BCUT2D eigenvalue weighted by atomic mass is 16.2. The van der Waals surface area contributed by atoms with Crippen molar-refractivity contribution in [2.45, 2.75) is 25.8 Å². The first-order chi connectivity index (χ1) is 11.1. The molecule has 0 unspecified atom stereocenters. The molecule has 2 aliphatic rings. The van der Waals surface area contributed by atoms with Gasteiger partial charge in [0, 0.05) is 37.9 Å². The van der Waals surface area contributed by atoms with Crippen molar-refractivity contribution in [3.63, 3.8) is 0 Å². The van der Waals surface area contributed by atoms with Gasteiger partial charge < -0.3 is 10.2 Å². The third-order valence-electron chi connectivity index (χ3n) is 4.36. The zero-order chi connectivity index (χ0) is 16.2. The van der Waals surface area contributed by atoms with E-state index in [0.29, 0.717) is 0 Å². The number of aryl methyl sites for hydroxylation is 1. The Morgan fingerprint density at radius 2 is 1.83 bits per heavy atom. The lowest BCUT2D eigenvalue weighted by molar-refractivity contribution is -0.121. The van der Waals surface area contributed by atoms with Gasteiger partial charge >= 0.3 is 6.03 Å². The Labute approximate surface area is 136 Å². The first-order valence-electron chi connectivity index (χ1n) is 8.25. The van der Waals surface area contributed by atoms with Gasteiger partial charge in [-0.2, -0.15) is 0 Å².